The zero-order valence-corrected chi connectivity index (χ0v) is 14.7. The molecular weight excluding hydrogens is 350 g/mol. The van der Waals surface area contributed by atoms with Crippen LogP contribution in [-0.4, -0.2) is 30.1 Å². The topological polar surface area (TPSA) is 37.4 Å². The van der Waals surface area contributed by atoms with Gasteiger partial charge in [-0.05, 0) is 44.2 Å². The summed E-state index contributed by atoms with van der Waals surface area (Å²) >= 11 is 3.52. The third kappa shape index (κ3) is 2.80. The van der Waals surface area contributed by atoms with Crippen molar-refractivity contribution in [3.63, 3.8) is 0 Å². The lowest BCUT2D eigenvalue weighted by molar-refractivity contribution is 0.249. The molecule has 0 radical (unpaired) electrons. The van der Waals surface area contributed by atoms with E-state index in [9.17, 15) is 8.42 Å². The van der Waals surface area contributed by atoms with Crippen LogP contribution in [0.15, 0.2) is 29.2 Å². The molecule has 1 unspecified atom stereocenters. The van der Waals surface area contributed by atoms with Gasteiger partial charge in [0.25, 0.3) is 0 Å². The molecule has 1 heterocycles. The third-order valence-electron chi connectivity index (χ3n) is 4.91. The first-order valence-corrected chi connectivity index (χ1v) is 10.3. The quantitative estimate of drug-likeness (QED) is 0.759. The molecule has 1 aliphatic heterocycles. The predicted molar refractivity (Wildman–Crippen MR) is 88.1 cm³/mol. The van der Waals surface area contributed by atoms with Crippen molar-refractivity contribution in [2.75, 3.05) is 5.33 Å². The van der Waals surface area contributed by atoms with Crippen LogP contribution in [0, 0.1) is 12.8 Å². The number of hydrogen-bond acceptors (Lipinski definition) is 2. The van der Waals surface area contributed by atoms with Gasteiger partial charge in [-0.1, -0.05) is 46.5 Å². The van der Waals surface area contributed by atoms with E-state index in [1.54, 1.807) is 12.1 Å². The van der Waals surface area contributed by atoms with Gasteiger partial charge in [0.05, 0.1) is 4.90 Å². The van der Waals surface area contributed by atoms with Gasteiger partial charge >= 0.3 is 0 Å². The molecule has 0 amide bonds. The van der Waals surface area contributed by atoms with Crippen molar-refractivity contribution < 1.29 is 8.42 Å². The van der Waals surface area contributed by atoms with Crippen LogP contribution in [0.5, 0.6) is 0 Å². The van der Waals surface area contributed by atoms with Gasteiger partial charge in [-0.2, -0.15) is 4.31 Å². The van der Waals surface area contributed by atoms with E-state index in [1.165, 1.54) is 12.8 Å². The van der Waals surface area contributed by atoms with Crippen LogP contribution in [0.3, 0.4) is 0 Å². The summed E-state index contributed by atoms with van der Waals surface area (Å²) in [5, 5.41) is 0.727. The highest BCUT2D eigenvalue weighted by molar-refractivity contribution is 9.09. The summed E-state index contributed by atoms with van der Waals surface area (Å²) in [6, 6.07) is 7.55. The van der Waals surface area contributed by atoms with E-state index in [4.69, 9.17) is 0 Å². The zero-order valence-electron chi connectivity index (χ0n) is 12.3. The van der Waals surface area contributed by atoms with E-state index in [0.29, 0.717) is 10.8 Å². The number of halogens is 1. The summed E-state index contributed by atoms with van der Waals surface area (Å²) < 4.78 is 28.0. The highest BCUT2D eigenvalue weighted by Crippen LogP contribution is 2.43. The molecule has 3 atom stereocenters. The lowest BCUT2D eigenvalue weighted by Crippen LogP contribution is -2.43. The number of nitrogens with zero attached hydrogens (tertiary/aromatic N) is 1. The van der Waals surface area contributed by atoms with Crippen molar-refractivity contribution >= 4 is 26.0 Å². The van der Waals surface area contributed by atoms with Gasteiger partial charge in [0.15, 0.2) is 0 Å². The van der Waals surface area contributed by atoms with E-state index in [2.05, 4.69) is 15.9 Å². The molecule has 3 rings (SSSR count). The molecule has 2 aliphatic rings. The fourth-order valence-electron chi connectivity index (χ4n) is 3.86. The zero-order chi connectivity index (χ0) is 15.0. The fraction of sp³-hybridized carbons (Fsp3) is 0.625. The molecule has 116 valence electrons. The summed E-state index contributed by atoms with van der Waals surface area (Å²) in [6.45, 7) is 1.98. The van der Waals surface area contributed by atoms with E-state index < -0.39 is 10.0 Å². The molecule has 21 heavy (non-hydrogen) atoms. The Labute approximate surface area is 135 Å². The van der Waals surface area contributed by atoms with Gasteiger partial charge in [-0.15, -0.1) is 0 Å². The molecule has 5 heteroatoms. The Kier molecular flexibility index (Phi) is 4.44. The number of alkyl halides is 1. The fourth-order valence-corrected chi connectivity index (χ4v) is 6.54. The number of sulfonamides is 1. The van der Waals surface area contributed by atoms with Crippen molar-refractivity contribution in [2.24, 2.45) is 5.92 Å². The Balaban J connectivity index is 1.97. The number of benzene rings is 1. The molecule has 1 saturated carbocycles. The van der Waals surface area contributed by atoms with Crippen LogP contribution >= 0.6 is 15.9 Å². The summed E-state index contributed by atoms with van der Waals surface area (Å²) in [5.74, 6) is 0.543. The van der Waals surface area contributed by atoms with Gasteiger partial charge in [0.1, 0.15) is 0 Å². The highest BCUT2D eigenvalue weighted by Gasteiger charge is 2.47. The average Bonchev–Trinajstić information content (AvgIpc) is 2.87. The first-order valence-electron chi connectivity index (χ1n) is 7.70. The summed E-state index contributed by atoms with van der Waals surface area (Å²) in [7, 11) is -3.38. The normalized spacial score (nSPS) is 30.3. The largest absolute Gasteiger partial charge is 0.243 e. The van der Waals surface area contributed by atoms with Crippen molar-refractivity contribution in [1.82, 2.24) is 4.31 Å². The average molecular weight is 372 g/mol. The third-order valence-corrected chi connectivity index (χ3v) is 7.64. The Hall–Kier alpha value is -0.390. The van der Waals surface area contributed by atoms with Gasteiger partial charge in [0.2, 0.25) is 10.0 Å². The minimum Gasteiger partial charge on any atom is -0.207 e. The van der Waals surface area contributed by atoms with Gasteiger partial charge in [-0.25, -0.2) is 8.42 Å². The van der Waals surface area contributed by atoms with E-state index in [1.807, 2.05) is 23.4 Å². The summed E-state index contributed by atoms with van der Waals surface area (Å²) in [6.07, 6.45) is 5.58. The van der Waals surface area contributed by atoms with E-state index in [-0.39, 0.29) is 12.1 Å². The molecule has 0 aromatic heterocycles. The maximum atomic E-state index is 13.1. The molecule has 1 saturated heterocycles. The molecule has 0 N–H and O–H groups in total. The number of aryl methyl sites for hydroxylation is 1. The first-order chi connectivity index (χ1) is 10.0. The van der Waals surface area contributed by atoms with Crippen LogP contribution < -0.4 is 0 Å². The van der Waals surface area contributed by atoms with Crippen LogP contribution in [0.4, 0.5) is 0 Å². The molecule has 1 aliphatic carbocycles. The maximum Gasteiger partial charge on any atom is 0.243 e. The second-order valence-electron chi connectivity index (χ2n) is 6.30. The summed E-state index contributed by atoms with van der Waals surface area (Å²) in [4.78, 5) is 0.435. The molecule has 0 bridgehead atoms. The Morgan fingerprint density at radius 1 is 1.19 bits per heavy atom. The van der Waals surface area contributed by atoms with Gasteiger partial charge in [0, 0.05) is 17.4 Å². The highest BCUT2D eigenvalue weighted by atomic mass is 79.9. The Morgan fingerprint density at radius 3 is 2.52 bits per heavy atom. The lowest BCUT2D eigenvalue weighted by atomic mass is 9.85. The smallest absolute Gasteiger partial charge is 0.207 e. The lowest BCUT2D eigenvalue weighted by Gasteiger charge is -2.32. The van der Waals surface area contributed by atoms with Crippen molar-refractivity contribution in [1.29, 1.82) is 0 Å². The SMILES string of the molecule is Cc1ccc(S(=O)(=O)N2C(CBr)C[C@@H]3CCCC[C@@H]32)cc1. The molecule has 1 aromatic carbocycles. The van der Waals surface area contributed by atoms with Crippen molar-refractivity contribution in [3.8, 4) is 0 Å². The standard InChI is InChI=1S/C16H22BrNO2S/c1-12-6-8-15(9-7-12)21(19,20)18-14(11-17)10-13-4-2-3-5-16(13)18/h6-9,13-14,16H,2-5,10-11H2,1H3/t13-,14?,16-/m0/s1. The van der Waals surface area contributed by atoms with Crippen LogP contribution in [-0.2, 0) is 10.0 Å². The maximum absolute atomic E-state index is 13.1. The molecule has 2 fully saturated rings. The molecule has 0 spiro atoms. The predicted octanol–water partition coefficient (Wildman–Crippen LogP) is 3.71. The van der Waals surface area contributed by atoms with Crippen LogP contribution in [0.1, 0.15) is 37.7 Å². The number of rotatable bonds is 3. The van der Waals surface area contributed by atoms with Crippen LogP contribution in [0.25, 0.3) is 0 Å². The molecule has 1 aromatic rings. The minimum absolute atomic E-state index is 0.101. The Bertz CT molecular complexity index is 599. The van der Waals surface area contributed by atoms with Crippen LogP contribution in [0.2, 0.25) is 0 Å². The number of hydrogen-bond donors (Lipinski definition) is 0. The monoisotopic (exact) mass is 371 g/mol. The summed E-state index contributed by atoms with van der Waals surface area (Å²) in [5.41, 5.74) is 1.09. The van der Waals surface area contributed by atoms with Crippen molar-refractivity contribution in [2.45, 2.75) is 56.0 Å². The van der Waals surface area contributed by atoms with Gasteiger partial charge in [-0.3, -0.25) is 0 Å². The first kappa shape index (κ1) is 15.5. The molecule has 3 nitrogen and oxygen atoms in total. The molecular formula is C16H22BrNO2S. The van der Waals surface area contributed by atoms with E-state index in [0.717, 1.165) is 30.2 Å². The van der Waals surface area contributed by atoms with Gasteiger partial charge < -0.3 is 0 Å². The second kappa shape index (κ2) is 6.01. The second-order valence-corrected chi connectivity index (χ2v) is 8.79. The Morgan fingerprint density at radius 2 is 1.86 bits per heavy atom. The van der Waals surface area contributed by atoms with E-state index >= 15 is 0 Å². The minimum atomic E-state index is -3.38. The number of fused-ring (bicyclic) bond motifs is 1. The van der Waals surface area contributed by atoms with Crippen molar-refractivity contribution in [3.05, 3.63) is 29.8 Å².